The summed E-state index contributed by atoms with van der Waals surface area (Å²) in [6.45, 7) is 6.54. The Morgan fingerprint density at radius 3 is 2.03 bits per heavy atom. The van der Waals surface area contributed by atoms with Gasteiger partial charge in [0.1, 0.15) is 54.7 Å². The number of carboxylic acids is 2. The van der Waals surface area contributed by atoms with Crippen LogP contribution in [0.25, 0.3) is 0 Å². The number of hydrogen-bond acceptors (Lipinski definition) is 19. The molecule has 0 aromatic carbocycles. The van der Waals surface area contributed by atoms with Gasteiger partial charge in [0.25, 0.3) is 5.56 Å². The fourth-order valence-electron chi connectivity index (χ4n) is 8.51. The summed E-state index contributed by atoms with van der Waals surface area (Å²) in [7, 11) is 0. The van der Waals surface area contributed by atoms with Crippen molar-refractivity contribution in [3.05, 3.63) is 33.1 Å². The number of nitrogens with two attached hydrogens (primary N) is 2. The molecule has 4 amide bonds. The molecule has 2 aliphatic rings. The number of nitrogens with one attached hydrogen (secondary N) is 8. The number of urea groups is 1. The van der Waals surface area contributed by atoms with Gasteiger partial charge in [0.05, 0.1) is 6.04 Å². The molecule has 1 aromatic rings. The Labute approximate surface area is 433 Å². The summed E-state index contributed by atoms with van der Waals surface area (Å²) in [6, 6.07) is -7.22. The molecule has 0 saturated carbocycles. The molecule has 75 heavy (non-hydrogen) atoms. The summed E-state index contributed by atoms with van der Waals surface area (Å²) in [6.07, 6.45) is -0.554. The number of carbonyl (C=O) groups excluding carboxylic acids is 4. The molecule has 1 unspecified atom stereocenters. The van der Waals surface area contributed by atoms with Gasteiger partial charge in [-0.2, -0.15) is 0 Å². The second-order valence-electron chi connectivity index (χ2n) is 19.3. The van der Waals surface area contributed by atoms with Gasteiger partial charge in [-0.25, -0.2) is 19.4 Å². The lowest BCUT2D eigenvalue weighted by atomic mass is 9.96. The van der Waals surface area contributed by atoms with Crippen LogP contribution in [0.3, 0.4) is 0 Å². The predicted octanol–water partition coefficient (Wildman–Crippen LogP) is -2.55. The van der Waals surface area contributed by atoms with Crippen molar-refractivity contribution in [2.75, 3.05) is 26.2 Å². The largest absolute Gasteiger partial charge is 0.480 e. The zero-order valence-electron chi connectivity index (χ0n) is 42.9. The van der Waals surface area contributed by atoms with E-state index in [-0.39, 0.29) is 50.8 Å². The molecule has 1 saturated heterocycles. The maximum absolute atomic E-state index is 14.4. The fourth-order valence-corrected chi connectivity index (χ4v) is 8.51. The quantitative estimate of drug-likeness (QED) is 0.0113. The minimum absolute atomic E-state index is 0.000350. The monoisotopic (exact) mass is 1070 g/mol. The first kappa shape index (κ1) is 62.9. The van der Waals surface area contributed by atoms with Crippen LogP contribution in [0.15, 0.2) is 26.8 Å². The second-order valence-corrected chi connectivity index (χ2v) is 19.3. The van der Waals surface area contributed by atoms with E-state index in [9.17, 15) is 69.1 Å². The minimum Gasteiger partial charge on any atom is -0.480 e. The van der Waals surface area contributed by atoms with Crippen molar-refractivity contribution in [3.63, 3.8) is 0 Å². The van der Waals surface area contributed by atoms with Gasteiger partial charge >= 0.3 is 29.6 Å². The molecule has 0 aliphatic carbocycles. The zero-order valence-corrected chi connectivity index (χ0v) is 42.9. The van der Waals surface area contributed by atoms with Gasteiger partial charge in [-0.3, -0.25) is 49.1 Å². The Hall–Kier alpha value is -6.40. The number of guanidine groups is 2. The van der Waals surface area contributed by atoms with Crippen LogP contribution in [0.4, 0.5) is 4.79 Å². The number of ether oxygens (including phenoxy) is 2. The molecule has 3 heterocycles. The van der Waals surface area contributed by atoms with Gasteiger partial charge in [0.2, 0.25) is 17.8 Å². The third-order valence-electron chi connectivity index (χ3n) is 12.7. The number of carbonyl (C=O) groups is 6. The van der Waals surface area contributed by atoms with Crippen LogP contribution in [0, 0.1) is 17.2 Å². The Balaban J connectivity index is 1.71. The van der Waals surface area contributed by atoms with Crippen molar-refractivity contribution in [2.45, 2.75) is 178 Å². The molecule has 2 aliphatic heterocycles. The van der Waals surface area contributed by atoms with Crippen LogP contribution < -0.4 is 54.6 Å². The predicted molar refractivity (Wildman–Crippen MR) is 268 cm³/mol. The van der Waals surface area contributed by atoms with E-state index >= 15 is 0 Å². The molecule has 11 atom stereocenters. The molecule has 0 radical (unpaired) electrons. The summed E-state index contributed by atoms with van der Waals surface area (Å²) in [5.41, 5.74) is 9.42. The number of aliphatic hydroxyl groups is 3. The van der Waals surface area contributed by atoms with Gasteiger partial charge in [0.15, 0.2) is 12.2 Å². The third-order valence-corrected chi connectivity index (χ3v) is 12.7. The molecule has 0 bridgehead atoms. The number of aliphatic carboxylic acids is 2. The van der Waals surface area contributed by atoms with Gasteiger partial charge in [-0.15, -0.1) is 0 Å². The number of carboxylic acid groups (broad SMARTS) is 2. The number of rotatable bonds is 33. The van der Waals surface area contributed by atoms with Crippen molar-refractivity contribution in [1.29, 1.82) is 5.41 Å². The summed E-state index contributed by atoms with van der Waals surface area (Å²) in [5, 5.41) is 85.1. The number of amides is 4. The molecule has 424 valence electrons. The number of H-pyrrole nitrogens is 1. The number of nitrogens with zero attached hydrogens (tertiary/aromatic N) is 3. The molecule has 29 heteroatoms. The summed E-state index contributed by atoms with van der Waals surface area (Å²) in [4.78, 5) is 109. The van der Waals surface area contributed by atoms with E-state index in [1.807, 2.05) is 4.98 Å². The molecule has 1 aromatic heterocycles. The lowest BCUT2D eigenvalue weighted by molar-refractivity contribution is -0.156. The highest BCUT2D eigenvalue weighted by molar-refractivity contribution is 5.94. The number of unbranched alkanes of at least 4 members (excludes halogenated alkanes) is 9. The van der Waals surface area contributed by atoms with Crippen LogP contribution in [0.5, 0.6) is 0 Å². The van der Waals surface area contributed by atoms with E-state index < -0.39 is 126 Å². The standard InChI is InChI=1S/C46H79N13O16/c1-24(2)29(41(67)68)56-45(71)57-30(26-17-21-52-44(49)53-26)39(66)55-32(36(25(3)4)74-28(61)16-13-11-9-7-5-6-8-10-12-14-22-59(73)43(47)48)38(65)51-20-15-19-50-31(42(69)70)33(62)37-34(63)35(64)40(75-37)58-23-18-27(60)54-46(58)72/h18,23-26,29-37,40,50,62-64,73H,5-17,19-22H2,1-4H3,(H3,47,48)(H,51,65)(H,55,66)(H,67,68)(H,69,70)(H3,49,52,53)(H,54,60,72)(H2,56,57,71)/t26-,29-,30?,31-,32-,33-,34-,35+,36-,37+,40+/m0/s1. The topological polar surface area (TPSA) is 461 Å². The van der Waals surface area contributed by atoms with Gasteiger partial charge in [-0.05, 0) is 44.1 Å². The molecule has 0 spiro atoms. The number of hydroxylamine groups is 2. The maximum Gasteiger partial charge on any atom is 0.330 e. The first-order valence-electron chi connectivity index (χ1n) is 25.4. The normalized spacial score (nSPS) is 20.8. The van der Waals surface area contributed by atoms with Gasteiger partial charge in [-0.1, -0.05) is 79.1 Å². The third kappa shape index (κ3) is 20.3. The lowest BCUT2D eigenvalue weighted by Gasteiger charge is -2.34. The smallest absolute Gasteiger partial charge is 0.330 e. The average Bonchev–Trinajstić information content (AvgIpc) is 3.63. The minimum atomic E-state index is -2.01. The van der Waals surface area contributed by atoms with E-state index in [1.165, 1.54) is 0 Å². The van der Waals surface area contributed by atoms with Crippen molar-refractivity contribution < 1.29 is 69.0 Å². The fraction of sp³-hybridized carbons (Fsp3) is 0.739. The molecule has 1 fully saturated rings. The number of hydrogen-bond donors (Lipinski definition) is 16. The zero-order chi connectivity index (χ0) is 55.9. The van der Waals surface area contributed by atoms with Crippen LogP contribution in [0.1, 0.15) is 117 Å². The number of aromatic nitrogens is 2. The summed E-state index contributed by atoms with van der Waals surface area (Å²) >= 11 is 0. The summed E-state index contributed by atoms with van der Waals surface area (Å²) in [5.74, 6) is -6.91. The number of aromatic amines is 1. The second kappa shape index (κ2) is 31.5. The maximum atomic E-state index is 14.4. The van der Waals surface area contributed by atoms with Crippen molar-refractivity contribution in [3.8, 4) is 0 Å². The van der Waals surface area contributed by atoms with Crippen LogP contribution in [-0.2, 0) is 33.4 Å². The SMILES string of the molecule is CC(C)[C@H](NC(=O)NC(C(=O)N[C@H](C(=O)NCCCN[C@H](C(=O)O)[C@H](O)[C@H]1O[C@@H](n2ccc(=O)[nH]c2=O)[C@H](O)[C@@H]1O)[C@@H](OC(=O)CCCCCCCCCCCCN(O)C(=N)N)C(C)C)[C@@H]1CCN=C(N)N1)C(=O)O. The molecular weight excluding hydrogens is 991 g/mol. The van der Waals surface area contributed by atoms with E-state index in [1.54, 1.807) is 27.7 Å². The van der Waals surface area contributed by atoms with E-state index in [0.29, 0.717) is 24.4 Å². The lowest BCUT2D eigenvalue weighted by Crippen LogP contribution is -2.66. The highest BCUT2D eigenvalue weighted by Crippen LogP contribution is 2.31. The Morgan fingerprint density at radius 2 is 1.47 bits per heavy atom. The van der Waals surface area contributed by atoms with E-state index in [0.717, 1.165) is 68.2 Å². The summed E-state index contributed by atoms with van der Waals surface area (Å²) < 4.78 is 12.2. The number of esters is 1. The molecule has 3 rings (SSSR count). The Kier molecular flexibility index (Phi) is 26.4. The Bertz CT molecular complexity index is 2190. The van der Waals surface area contributed by atoms with Crippen molar-refractivity contribution in [2.24, 2.45) is 28.3 Å². The van der Waals surface area contributed by atoms with Crippen LogP contribution in [0.2, 0.25) is 0 Å². The van der Waals surface area contributed by atoms with Gasteiger partial charge < -0.3 is 78.4 Å². The number of aliphatic imine (C=N–C) groups is 1. The highest BCUT2D eigenvalue weighted by Gasteiger charge is 2.50. The Morgan fingerprint density at radius 1 is 0.853 bits per heavy atom. The van der Waals surface area contributed by atoms with Crippen LogP contribution >= 0.6 is 0 Å². The molecular formula is C46H79N13O16. The van der Waals surface area contributed by atoms with Crippen molar-refractivity contribution in [1.82, 2.24) is 46.5 Å². The first-order chi connectivity index (χ1) is 35.4. The van der Waals surface area contributed by atoms with E-state index in [4.69, 9.17) is 26.4 Å². The van der Waals surface area contributed by atoms with Crippen LogP contribution in [-0.4, -0.2) is 180 Å². The van der Waals surface area contributed by atoms with Crippen molar-refractivity contribution >= 4 is 47.7 Å². The highest BCUT2D eigenvalue weighted by atomic mass is 16.6. The molecule has 29 nitrogen and oxygen atoms in total. The number of aliphatic hydroxyl groups excluding tert-OH is 3. The molecule has 18 N–H and O–H groups in total. The van der Waals surface area contributed by atoms with Gasteiger partial charge in [0, 0.05) is 38.3 Å². The first-order valence-corrected chi connectivity index (χ1v) is 25.4. The van der Waals surface area contributed by atoms with E-state index in [2.05, 4.69) is 36.9 Å². The average molecular weight is 1070 g/mol.